The fourth-order valence-corrected chi connectivity index (χ4v) is 3.30. The third-order valence-electron chi connectivity index (χ3n) is 4.80. The second-order valence-electron chi connectivity index (χ2n) is 6.88. The molecule has 154 valence electrons. The van der Waals surface area contributed by atoms with Gasteiger partial charge in [0.1, 0.15) is 29.1 Å². The van der Waals surface area contributed by atoms with Crippen molar-refractivity contribution in [1.29, 1.82) is 0 Å². The van der Waals surface area contributed by atoms with Crippen LogP contribution in [-0.4, -0.2) is 68.0 Å². The number of aliphatic hydroxyl groups is 1. The topological polar surface area (TPSA) is 92.5 Å². The number of ketones is 1. The Balaban J connectivity index is 2.14. The minimum Gasteiger partial charge on any atom is -0.507 e. The maximum atomic E-state index is 12.9. The van der Waals surface area contributed by atoms with Crippen LogP contribution in [0.5, 0.6) is 11.5 Å². The van der Waals surface area contributed by atoms with Crippen molar-refractivity contribution in [3.63, 3.8) is 0 Å². The van der Waals surface area contributed by atoms with E-state index < -0.39 is 17.7 Å². The largest absolute Gasteiger partial charge is 0.507 e. The first kappa shape index (κ1) is 20.5. The van der Waals surface area contributed by atoms with E-state index in [1.807, 2.05) is 19.0 Å². The number of amides is 1. The zero-order valence-corrected chi connectivity index (χ0v) is 16.8. The number of nitrogens with zero attached hydrogens (tertiary/aromatic N) is 2. The quantitative estimate of drug-likeness (QED) is 0.433. The van der Waals surface area contributed by atoms with Gasteiger partial charge in [-0.15, -0.1) is 0 Å². The van der Waals surface area contributed by atoms with Crippen LogP contribution in [0.4, 0.5) is 0 Å². The van der Waals surface area contributed by atoms with Crippen molar-refractivity contribution in [3.05, 3.63) is 53.5 Å². The SMILES string of the molecule is COc1ccc(/C(O)=C2\C(=O)C(=O)N(CCN(C)C)[C@H]2c2ccco2)c(OC)c1. The summed E-state index contributed by atoms with van der Waals surface area (Å²) < 4.78 is 16.0. The van der Waals surface area contributed by atoms with E-state index in [9.17, 15) is 14.7 Å². The predicted molar refractivity (Wildman–Crippen MR) is 106 cm³/mol. The number of aliphatic hydroxyl groups excluding tert-OH is 1. The van der Waals surface area contributed by atoms with E-state index in [2.05, 4.69) is 0 Å². The number of ether oxygens (including phenoxy) is 2. The van der Waals surface area contributed by atoms with Crippen LogP contribution in [0, 0.1) is 0 Å². The number of Topliss-reactive ketones (excluding diaryl/α,β-unsaturated/α-hetero) is 1. The van der Waals surface area contributed by atoms with Crippen molar-refractivity contribution in [2.24, 2.45) is 0 Å². The third kappa shape index (κ3) is 3.84. The van der Waals surface area contributed by atoms with Gasteiger partial charge in [-0.2, -0.15) is 0 Å². The van der Waals surface area contributed by atoms with Crippen LogP contribution in [0.2, 0.25) is 0 Å². The molecule has 1 aliphatic heterocycles. The van der Waals surface area contributed by atoms with Gasteiger partial charge in [0.15, 0.2) is 0 Å². The van der Waals surface area contributed by atoms with Crippen molar-refractivity contribution in [2.75, 3.05) is 41.4 Å². The number of methoxy groups -OCH3 is 2. The maximum absolute atomic E-state index is 12.9. The molecule has 1 saturated heterocycles. The number of hydrogen-bond donors (Lipinski definition) is 1. The predicted octanol–water partition coefficient (Wildman–Crippen LogP) is 2.28. The molecule has 1 aromatic heterocycles. The molecular weight excluding hydrogens is 376 g/mol. The number of likely N-dealkylation sites (N-methyl/N-ethyl adjacent to an activating group) is 1. The highest BCUT2D eigenvalue weighted by atomic mass is 16.5. The minimum atomic E-state index is -0.822. The van der Waals surface area contributed by atoms with E-state index in [1.54, 1.807) is 30.3 Å². The van der Waals surface area contributed by atoms with Gasteiger partial charge in [-0.25, -0.2) is 0 Å². The Kier molecular flexibility index (Phi) is 5.93. The summed E-state index contributed by atoms with van der Waals surface area (Å²) in [6.07, 6.45) is 1.47. The molecular formula is C21H24N2O6. The molecule has 0 unspecified atom stereocenters. The average molecular weight is 400 g/mol. The lowest BCUT2D eigenvalue weighted by Gasteiger charge is -2.24. The van der Waals surface area contributed by atoms with E-state index >= 15 is 0 Å². The van der Waals surface area contributed by atoms with Crippen molar-refractivity contribution in [3.8, 4) is 11.5 Å². The number of benzene rings is 1. The molecule has 1 atom stereocenters. The summed E-state index contributed by atoms with van der Waals surface area (Å²) in [4.78, 5) is 28.9. The van der Waals surface area contributed by atoms with Gasteiger partial charge in [0, 0.05) is 19.2 Å². The fourth-order valence-electron chi connectivity index (χ4n) is 3.30. The molecule has 2 heterocycles. The molecule has 29 heavy (non-hydrogen) atoms. The Bertz CT molecular complexity index is 933. The molecule has 1 aromatic carbocycles. The van der Waals surface area contributed by atoms with E-state index in [-0.39, 0.29) is 16.9 Å². The molecule has 0 saturated carbocycles. The molecule has 0 spiro atoms. The van der Waals surface area contributed by atoms with Gasteiger partial charge in [-0.3, -0.25) is 9.59 Å². The first-order valence-electron chi connectivity index (χ1n) is 9.08. The summed E-state index contributed by atoms with van der Waals surface area (Å²) in [5.74, 6) is -0.511. The number of furan rings is 1. The third-order valence-corrected chi connectivity index (χ3v) is 4.80. The fraction of sp³-hybridized carbons (Fsp3) is 0.333. The number of carbonyl (C=O) groups is 2. The lowest BCUT2D eigenvalue weighted by atomic mass is 9.98. The molecule has 0 bridgehead atoms. The summed E-state index contributed by atoms with van der Waals surface area (Å²) in [6, 6.07) is 7.35. The van der Waals surface area contributed by atoms with E-state index in [1.165, 1.54) is 25.4 Å². The monoisotopic (exact) mass is 400 g/mol. The number of likely N-dealkylation sites (tertiary alicyclic amines) is 1. The van der Waals surface area contributed by atoms with Crippen molar-refractivity contribution in [2.45, 2.75) is 6.04 Å². The summed E-state index contributed by atoms with van der Waals surface area (Å²) >= 11 is 0. The van der Waals surface area contributed by atoms with Gasteiger partial charge in [-0.05, 0) is 38.4 Å². The smallest absolute Gasteiger partial charge is 0.295 e. The lowest BCUT2D eigenvalue weighted by Crippen LogP contribution is -2.35. The van der Waals surface area contributed by atoms with E-state index in [4.69, 9.17) is 13.9 Å². The van der Waals surface area contributed by atoms with Crippen LogP contribution < -0.4 is 9.47 Å². The molecule has 0 aliphatic carbocycles. The molecule has 3 rings (SSSR count). The highest BCUT2D eigenvalue weighted by molar-refractivity contribution is 6.46. The van der Waals surface area contributed by atoms with Crippen LogP contribution in [-0.2, 0) is 9.59 Å². The van der Waals surface area contributed by atoms with Gasteiger partial charge in [0.25, 0.3) is 11.7 Å². The molecule has 2 aromatic rings. The van der Waals surface area contributed by atoms with Crippen LogP contribution in [0.25, 0.3) is 5.76 Å². The Morgan fingerprint density at radius 3 is 2.55 bits per heavy atom. The molecule has 1 amide bonds. The lowest BCUT2D eigenvalue weighted by molar-refractivity contribution is -0.140. The van der Waals surface area contributed by atoms with Gasteiger partial charge < -0.3 is 28.8 Å². The van der Waals surface area contributed by atoms with E-state index in [0.717, 1.165) is 0 Å². The second kappa shape index (κ2) is 8.40. The van der Waals surface area contributed by atoms with Crippen LogP contribution >= 0.6 is 0 Å². The highest BCUT2D eigenvalue weighted by Crippen LogP contribution is 2.41. The van der Waals surface area contributed by atoms with Crippen molar-refractivity contribution >= 4 is 17.4 Å². The Morgan fingerprint density at radius 2 is 1.97 bits per heavy atom. The first-order valence-corrected chi connectivity index (χ1v) is 9.08. The number of carbonyl (C=O) groups excluding carboxylic acids is 2. The number of hydrogen-bond acceptors (Lipinski definition) is 7. The first-order chi connectivity index (χ1) is 13.9. The zero-order valence-electron chi connectivity index (χ0n) is 16.8. The zero-order chi connectivity index (χ0) is 21.1. The molecule has 1 fully saturated rings. The molecule has 8 heteroatoms. The minimum absolute atomic E-state index is 0.0350. The second-order valence-corrected chi connectivity index (χ2v) is 6.88. The average Bonchev–Trinajstić information content (AvgIpc) is 3.32. The normalized spacial score (nSPS) is 18.5. The van der Waals surface area contributed by atoms with E-state index in [0.29, 0.717) is 30.3 Å². The summed E-state index contributed by atoms with van der Waals surface area (Å²) in [5.41, 5.74) is 0.252. The van der Waals surface area contributed by atoms with Crippen molar-refractivity contribution in [1.82, 2.24) is 9.80 Å². The highest BCUT2D eigenvalue weighted by Gasteiger charge is 2.47. The summed E-state index contributed by atoms with van der Waals surface area (Å²) in [7, 11) is 6.72. The van der Waals surface area contributed by atoms with Gasteiger partial charge in [-0.1, -0.05) is 0 Å². The number of rotatable bonds is 7. The molecule has 1 aliphatic rings. The molecule has 8 nitrogen and oxygen atoms in total. The van der Waals surface area contributed by atoms with Gasteiger partial charge in [0.05, 0.1) is 31.6 Å². The Labute approximate surface area is 168 Å². The Morgan fingerprint density at radius 1 is 1.21 bits per heavy atom. The molecule has 1 N–H and O–H groups in total. The Hall–Kier alpha value is -3.26. The van der Waals surface area contributed by atoms with Crippen LogP contribution in [0.3, 0.4) is 0 Å². The maximum Gasteiger partial charge on any atom is 0.295 e. The standard InChI is InChI=1S/C21H24N2O6/c1-22(2)9-10-23-18(15-6-5-11-29-15)17(20(25)21(23)26)19(24)14-8-7-13(27-3)12-16(14)28-4/h5-8,11-12,18,24H,9-10H2,1-4H3/b19-17+/t18-/m0/s1. The summed E-state index contributed by atoms with van der Waals surface area (Å²) in [5, 5.41) is 11.1. The van der Waals surface area contributed by atoms with Crippen LogP contribution in [0.15, 0.2) is 46.6 Å². The van der Waals surface area contributed by atoms with Gasteiger partial charge in [0.2, 0.25) is 0 Å². The van der Waals surface area contributed by atoms with Crippen LogP contribution in [0.1, 0.15) is 17.4 Å². The molecule has 0 radical (unpaired) electrons. The van der Waals surface area contributed by atoms with Crippen molar-refractivity contribution < 1.29 is 28.6 Å². The van der Waals surface area contributed by atoms with Gasteiger partial charge >= 0.3 is 0 Å². The summed E-state index contributed by atoms with van der Waals surface area (Å²) in [6.45, 7) is 0.857.